The lowest BCUT2D eigenvalue weighted by molar-refractivity contribution is -0.144. The maximum Gasteiger partial charge on any atom is 0.339 e. The average molecular weight is 263 g/mol. The summed E-state index contributed by atoms with van der Waals surface area (Å²) in [6.07, 6.45) is 4.97. The number of nitrogens with two attached hydrogens (primary N) is 2. The van der Waals surface area contributed by atoms with Crippen LogP contribution in [0.3, 0.4) is 0 Å². The van der Waals surface area contributed by atoms with Gasteiger partial charge in [0.05, 0.1) is 0 Å². The molecular weight excluding hydrogens is 240 g/mol. The van der Waals surface area contributed by atoms with Gasteiger partial charge in [-0.25, -0.2) is 4.79 Å². The summed E-state index contributed by atoms with van der Waals surface area (Å²) >= 11 is 0. The Balaban J connectivity index is 2.83. The molecule has 0 aliphatic carbocycles. The molecule has 4 heteroatoms. The molecular formula is C15H23N2O2. The van der Waals surface area contributed by atoms with Crippen molar-refractivity contribution in [1.29, 1.82) is 0 Å². The van der Waals surface area contributed by atoms with Crippen molar-refractivity contribution in [2.75, 3.05) is 0 Å². The van der Waals surface area contributed by atoms with E-state index in [1.807, 2.05) is 12.1 Å². The summed E-state index contributed by atoms with van der Waals surface area (Å²) in [6, 6.07) is 10.1. The molecule has 19 heavy (non-hydrogen) atoms. The van der Waals surface area contributed by atoms with Crippen molar-refractivity contribution in [3.05, 3.63) is 35.9 Å². The van der Waals surface area contributed by atoms with Gasteiger partial charge in [-0.1, -0.05) is 56.9 Å². The van der Waals surface area contributed by atoms with E-state index in [1.54, 1.807) is 12.1 Å². The van der Waals surface area contributed by atoms with Gasteiger partial charge in [-0.3, -0.25) is 0 Å². The average Bonchev–Trinajstić information content (AvgIpc) is 2.39. The quantitative estimate of drug-likeness (QED) is 0.495. The highest BCUT2D eigenvalue weighted by atomic mass is 16.4. The molecule has 0 aliphatic heterocycles. The first-order chi connectivity index (χ1) is 9.00. The number of hydrogen-bond donors (Lipinski definition) is 3. The van der Waals surface area contributed by atoms with Crippen LogP contribution in [0.1, 0.15) is 50.5 Å². The standard InChI is InChI=1S/C15H23N2O2/c1-2-3-4-8-11-13(15(16,17)14(18)19)12-9-6-5-7-10-12/h6-7,9-10,13H,2-4,8,11,16-17H2,1H3,(H,18,19). The van der Waals surface area contributed by atoms with E-state index in [0.29, 0.717) is 6.42 Å². The van der Waals surface area contributed by atoms with Gasteiger partial charge in [0.15, 0.2) is 5.66 Å². The molecule has 105 valence electrons. The fourth-order valence-corrected chi connectivity index (χ4v) is 2.24. The maximum atomic E-state index is 11.3. The second kappa shape index (κ2) is 7.26. The van der Waals surface area contributed by atoms with Crippen LogP contribution in [0, 0.1) is 6.07 Å². The summed E-state index contributed by atoms with van der Waals surface area (Å²) in [5.41, 5.74) is 10.8. The Morgan fingerprint density at radius 1 is 1.32 bits per heavy atom. The molecule has 0 spiro atoms. The zero-order valence-electron chi connectivity index (χ0n) is 11.4. The Morgan fingerprint density at radius 2 is 1.95 bits per heavy atom. The zero-order valence-corrected chi connectivity index (χ0v) is 11.4. The largest absolute Gasteiger partial charge is 0.479 e. The lowest BCUT2D eigenvalue weighted by Gasteiger charge is -2.30. The van der Waals surface area contributed by atoms with Gasteiger partial charge >= 0.3 is 5.97 Å². The fourth-order valence-electron chi connectivity index (χ4n) is 2.24. The van der Waals surface area contributed by atoms with Crippen molar-refractivity contribution in [2.45, 2.75) is 50.6 Å². The Labute approximate surface area is 114 Å². The maximum absolute atomic E-state index is 11.3. The van der Waals surface area contributed by atoms with Crippen molar-refractivity contribution in [3.63, 3.8) is 0 Å². The van der Waals surface area contributed by atoms with E-state index in [1.165, 1.54) is 0 Å². The van der Waals surface area contributed by atoms with Crippen LogP contribution in [-0.2, 0) is 4.79 Å². The topological polar surface area (TPSA) is 89.3 Å². The van der Waals surface area contributed by atoms with Crippen molar-refractivity contribution in [3.8, 4) is 0 Å². The highest BCUT2D eigenvalue weighted by Crippen LogP contribution is 2.29. The number of benzene rings is 1. The summed E-state index contributed by atoms with van der Waals surface area (Å²) < 4.78 is 0. The van der Waals surface area contributed by atoms with Crippen LogP contribution < -0.4 is 11.5 Å². The summed E-state index contributed by atoms with van der Waals surface area (Å²) in [4.78, 5) is 11.3. The van der Waals surface area contributed by atoms with E-state index in [4.69, 9.17) is 11.5 Å². The van der Waals surface area contributed by atoms with Gasteiger partial charge in [-0.05, 0) is 18.1 Å². The third kappa shape index (κ3) is 4.33. The molecule has 4 nitrogen and oxygen atoms in total. The fraction of sp³-hybridized carbons (Fsp3) is 0.533. The Kier molecular flexibility index (Phi) is 5.99. The minimum atomic E-state index is -1.73. The molecule has 1 aromatic carbocycles. The van der Waals surface area contributed by atoms with E-state index in [-0.39, 0.29) is 5.92 Å². The molecule has 0 aromatic heterocycles. The van der Waals surface area contributed by atoms with Crippen LogP contribution in [0.15, 0.2) is 24.3 Å². The molecule has 0 fully saturated rings. The van der Waals surface area contributed by atoms with Crippen molar-refractivity contribution >= 4 is 5.97 Å². The highest BCUT2D eigenvalue weighted by Gasteiger charge is 2.38. The van der Waals surface area contributed by atoms with E-state index in [9.17, 15) is 9.90 Å². The molecule has 0 bridgehead atoms. The van der Waals surface area contributed by atoms with Crippen LogP contribution in [-0.4, -0.2) is 16.7 Å². The molecule has 1 unspecified atom stereocenters. The first kappa shape index (κ1) is 15.7. The van der Waals surface area contributed by atoms with Crippen LogP contribution >= 0.6 is 0 Å². The van der Waals surface area contributed by atoms with Gasteiger partial charge < -0.3 is 16.6 Å². The van der Waals surface area contributed by atoms with Crippen molar-refractivity contribution in [1.82, 2.24) is 0 Å². The summed E-state index contributed by atoms with van der Waals surface area (Å²) in [5, 5.41) is 9.22. The monoisotopic (exact) mass is 263 g/mol. The first-order valence-electron chi connectivity index (χ1n) is 6.77. The van der Waals surface area contributed by atoms with Gasteiger partial charge in [0.25, 0.3) is 0 Å². The van der Waals surface area contributed by atoms with E-state index in [2.05, 4.69) is 13.0 Å². The number of carbonyl (C=O) groups is 1. The molecule has 0 saturated heterocycles. The summed E-state index contributed by atoms with van der Waals surface area (Å²) in [6.45, 7) is 2.14. The number of carboxylic acids is 1. The number of unbranched alkanes of at least 4 members (excludes halogenated alkanes) is 3. The van der Waals surface area contributed by atoms with Gasteiger partial charge in [0.1, 0.15) is 0 Å². The lowest BCUT2D eigenvalue weighted by atomic mass is 9.83. The van der Waals surface area contributed by atoms with E-state index >= 15 is 0 Å². The zero-order chi connectivity index (χ0) is 14.3. The van der Waals surface area contributed by atoms with Crippen LogP contribution in [0.2, 0.25) is 0 Å². The minimum Gasteiger partial charge on any atom is -0.479 e. The SMILES string of the molecule is CCCCCCC(c1cc[c]cc1)C(N)(N)C(=O)O. The molecule has 0 heterocycles. The number of hydrogen-bond acceptors (Lipinski definition) is 3. The molecule has 1 rings (SSSR count). The number of carboxylic acid groups (broad SMARTS) is 1. The van der Waals surface area contributed by atoms with E-state index < -0.39 is 11.6 Å². The molecule has 0 saturated carbocycles. The third-order valence-corrected chi connectivity index (χ3v) is 3.44. The van der Waals surface area contributed by atoms with Crippen molar-refractivity contribution < 1.29 is 9.90 Å². The Hall–Kier alpha value is -1.39. The number of rotatable bonds is 8. The lowest BCUT2D eigenvalue weighted by Crippen LogP contribution is -2.60. The molecule has 1 radical (unpaired) electrons. The molecule has 0 amide bonds. The normalized spacial score (nSPS) is 13.2. The molecule has 1 atom stereocenters. The summed E-state index contributed by atoms with van der Waals surface area (Å²) in [5.74, 6) is -1.54. The molecule has 5 N–H and O–H groups in total. The first-order valence-corrected chi connectivity index (χ1v) is 6.77. The van der Waals surface area contributed by atoms with Gasteiger partial charge in [0.2, 0.25) is 0 Å². The Morgan fingerprint density at radius 3 is 2.47 bits per heavy atom. The van der Waals surface area contributed by atoms with Gasteiger partial charge in [-0.2, -0.15) is 0 Å². The predicted molar refractivity (Wildman–Crippen MR) is 75.5 cm³/mol. The highest BCUT2D eigenvalue weighted by molar-refractivity contribution is 5.79. The van der Waals surface area contributed by atoms with Crippen LogP contribution in [0.5, 0.6) is 0 Å². The van der Waals surface area contributed by atoms with Gasteiger partial charge in [-0.15, -0.1) is 0 Å². The third-order valence-electron chi connectivity index (χ3n) is 3.44. The second-order valence-corrected chi connectivity index (χ2v) is 4.97. The summed E-state index contributed by atoms with van der Waals surface area (Å²) in [7, 11) is 0. The number of aliphatic carboxylic acids is 1. The van der Waals surface area contributed by atoms with Crippen molar-refractivity contribution in [2.24, 2.45) is 11.5 Å². The van der Waals surface area contributed by atoms with E-state index in [0.717, 1.165) is 31.2 Å². The minimum absolute atomic E-state index is 0.378. The molecule has 1 aromatic rings. The van der Waals surface area contributed by atoms with Crippen LogP contribution in [0.4, 0.5) is 0 Å². The second-order valence-electron chi connectivity index (χ2n) is 4.97. The Bertz CT molecular complexity index is 390. The smallest absolute Gasteiger partial charge is 0.339 e. The predicted octanol–water partition coefficient (Wildman–Crippen LogP) is 2.24. The molecule has 0 aliphatic rings. The van der Waals surface area contributed by atoms with Crippen LogP contribution in [0.25, 0.3) is 0 Å². The van der Waals surface area contributed by atoms with Gasteiger partial charge in [0, 0.05) is 5.92 Å².